The summed E-state index contributed by atoms with van der Waals surface area (Å²) in [6, 6.07) is 0. The molecule has 1 aliphatic heterocycles. The Morgan fingerprint density at radius 2 is 2.23 bits per heavy atom. The molecule has 1 aromatic heterocycles. The van der Waals surface area contributed by atoms with Gasteiger partial charge in [-0.05, 0) is 25.2 Å². The number of nitrogens with one attached hydrogen (secondary N) is 1. The highest BCUT2D eigenvalue weighted by Gasteiger charge is 2.15. The van der Waals surface area contributed by atoms with Crippen LogP contribution in [0.5, 0.6) is 0 Å². The number of aromatic nitrogens is 3. The van der Waals surface area contributed by atoms with Crippen LogP contribution in [0.1, 0.15) is 25.1 Å². The second-order valence-corrected chi connectivity index (χ2v) is 5.47. The number of nitrogens with zero attached hydrogens (tertiary/aromatic N) is 5. The van der Waals surface area contributed by atoms with E-state index < -0.39 is 0 Å². The van der Waals surface area contributed by atoms with Crippen LogP contribution in [0.15, 0.2) is 11.3 Å². The molecule has 0 amide bonds. The van der Waals surface area contributed by atoms with Crippen molar-refractivity contribution in [3.63, 3.8) is 0 Å². The summed E-state index contributed by atoms with van der Waals surface area (Å²) in [5.41, 5.74) is 0. The zero-order valence-electron chi connectivity index (χ0n) is 13.7. The van der Waals surface area contributed by atoms with Crippen LogP contribution in [-0.4, -0.2) is 59.5 Å². The summed E-state index contributed by atoms with van der Waals surface area (Å²) >= 11 is 0. The molecule has 2 heterocycles. The van der Waals surface area contributed by atoms with Crippen LogP contribution in [0, 0.1) is 5.92 Å². The number of aliphatic imine (C=N–C) groups is 1. The fourth-order valence-corrected chi connectivity index (χ4v) is 2.54. The van der Waals surface area contributed by atoms with Crippen molar-refractivity contribution in [2.24, 2.45) is 18.0 Å². The normalized spacial score (nSPS) is 16.2. The van der Waals surface area contributed by atoms with E-state index in [4.69, 9.17) is 4.74 Å². The van der Waals surface area contributed by atoms with E-state index in [0.717, 1.165) is 37.5 Å². The van der Waals surface area contributed by atoms with E-state index in [-0.39, 0.29) is 24.0 Å². The number of hydrogen-bond donors (Lipinski definition) is 1. The number of rotatable bonds is 5. The lowest BCUT2D eigenvalue weighted by atomic mass is 9.96. The molecule has 0 saturated carbocycles. The van der Waals surface area contributed by atoms with Crippen LogP contribution in [0.3, 0.4) is 0 Å². The number of halogens is 1. The van der Waals surface area contributed by atoms with E-state index in [1.54, 1.807) is 11.0 Å². The first-order valence-electron chi connectivity index (χ1n) is 7.53. The lowest BCUT2D eigenvalue weighted by Crippen LogP contribution is -2.40. The SMILES string of the molecule is CN=C(NCc1ncnn1C)N(C)CCC1CCOCC1.I. The first kappa shape index (κ1) is 19.1. The maximum atomic E-state index is 5.40. The summed E-state index contributed by atoms with van der Waals surface area (Å²) in [4.78, 5) is 10.7. The standard InChI is InChI=1S/C14H26N6O.HI/c1-15-14(16-10-13-17-11-18-20(13)3)19(2)7-4-12-5-8-21-9-6-12;/h11-12H,4-10H2,1-3H3,(H,15,16);1H. The molecule has 22 heavy (non-hydrogen) atoms. The molecule has 2 rings (SSSR count). The molecule has 1 N–H and O–H groups in total. The smallest absolute Gasteiger partial charge is 0.193 e. The Labute approximate surface area is 149 Å². The monoisotopic (exact) mass is 422 g/mol. The van der Waals surface area contributed by atoms with Crippen molar-refractivity contribution in [3.8, 4) is 0 Å². The third-order valence-corrected chi connectivity index (χ3v) is 4.00. The molecule has 1 fully saturated rings. The molecule has 126 valence electrons. The molecule has 1 aliphatic rings. The largest absolute Gasteiger partial charge is 0.381 e. The van der Waals surface area contributed by atoms with Gasteiger partial charge in [0.25, 0.3) is 0 Å². The van der Waals surface area contributed by atoms with Gasteiger partial charge in [-0.1, -0.05) is 0 Å². The summed E-state index contributed by atoms with van der Waals surface area (Å²) in [7, 11) is 5.77. The van der Waals surface area contributed by atoms with Crippen molar-refractivity contribution in [1.29, 1.82) is 0 Å². The van der Waals surface area contributed by atoms with E-state index in [1.807, 2.05) is 14.1 Å². The van der Waals surface area contributed by atoms with Crippen molar-refractivity contribution >= 4 is 29.9 Å². The van der Waals surface area contributed by atoms with Crippen LogP contribution in [-0.2, 0) is 18.3 Å². The van der Waals surface area contributed by atoms with Crippen LogP contribution in [0.4, 0.5) is 0 Å². The van der Waals surface area contributed by atoms with Gasteiger partial charge < -0.3 is 15.0 Å². The summed E-state index contributed by atoms with van der Waals surface area (Å²) in [5, 5.41) is 7.39. The molecular formula is C14H27IN6O. The van der Waals surface area contributed by atoms with Crippen molar-refractivity contribution in [1.82, 2.24) is 25.0 Å². The summed E-state index contributed by atoms with van der Waals surface area (Å²) in [5.74, 6) is 2.57. The van der Waals surface area contributed by atoms with Crippen molar-refractivity contribution in [3.05, 3.63) is 12.2 Å². The van der Waals surface area contributed by atoms with Gasteiger partial charge in [0.2, 0.25) is 0 Å². The summed E-state index contributed by atoms with van der Waals surface area (Å²) in [6.07, 6.45) is 5.11. The number of guanidine groups is 1. The third-order valence-electron chi connectivity index (χ3n) is 4.00. The Balaban J connectivity index is 0.00000242. The first-order chi connectivity index (χ1) is 10.2. The zero-order chi connectivity index (χ0) is 15.1. The topological polar surface area (TPSA) is 67.6 Å². The maximum Gasteiger partial charge on any atom is 0.193 e. The molecule has 0 bridgehead atoms. The Hall–Kier alpha value is -0.900. The molecule has 0 radical (unpaired) electrons. The van der Waals surface area contributed by atoms with Gasteiger partial charge in [0.15, 0.2) is 5.96 Å². The van der Waals surface area contributed by atoms with E-state index in [2.05, 4.69) is 32.3 Å². The molecule has 1 aromatic rings. The molecule has 0 unspecified atom stereocenters. The van der Waals surface area contributed by atoms with Crippen molar-refractivity contribution in [2.75, 3.05) is 33.9 Å². The van der Waals surface area contributed by atoms with Crippen LogP contribution >= 0.6 is 24.0 Å². The predicted octanol–water partition coefficient (Wildman–Crippen LogP) is 1.26. The van der Waals surface area contributed by atoms with E-state index >= 15 is 0 Å². The van der Waals surface area contributed by atoms with Gasteiger partial charge in [-0.25, -0.2) is 4.98 Å². The minimum Gasteiger partial charge on any atom is -0.381 e. The molecule has 1 saturated heterocycles. The molecule has 0 spiro atoms. The summed E-state index contributed by atoms with van der Waals surface area (Å²) < 4.78 is 7.17. The van der Waals surface area contributed by atoms with E-state index in [1.165, 1.54) is 19.3 Å². The Morgan fingerprint density at radius 1 is 1.50 bits per heavy atom. The predicted molar refractivity (Wildman–Crippen MR) is 97.4 cm³/mol. The first-order valence-corrected chi connectivity index (χ1v) is 7.53. The fraction of sp³-hybridized carbons (Fsp3) is 0.786. The highest BCUT2D eigenvalue weighted by molar-refractivity contribution is 14.0. The van der Waals surface area contributed by atoms with Gasteiger partial charge in [-0.2, -0.15) is 5.10 Å². The highest BCUT2D eigenvalue weighted by atomic mass is 127. The molecule has 8 heteroatoms. The quantitative estimate of drug-likeness (QED) is 0.440. The highest BCUT2D eigenvalue weighted by Crippen LogP contribution is 2.18. The third kappa shape index (κ3) is 5.71. The lowest BCUT2D eigenvalue weighted by molar-refractivity contribution is 0.0625. The van der Waals surface area contributed by atoms with Crippen molar-refractivity contribution in [2.45, 2.75) is 25.8 Å². The Bertz CT molecular complexity index is 458. The number of ether oxygens (including phenoxy) is 1. The van der Waals surface area contributed by atoms with Gasteiger partial charge >= 0.3 is 0 Å². The van der Waals surface area contributed by atoms with Crippen molar-refractivity contribution < 1.29 is 4.74 Å². The fourth-order valence-electron chi connectivity index (χ4n) is 2.54. The second kappa shape index (κ2) is 9.98. The molecule has 0 atom stereocenters. The molecular weight excluding hydrogens is 395 g/mol. The molecule has 7 nitrogen and oxygen atoms in total. The lowest BCUT2D eigenvalue weighted by Gasteiger charge is -2.26. The van der Waals surface area contributed by atoms with E-state index in [9.17, 15) is 0 Å². The van der Waals surface area contributed by atoms with Crippen LogP contribution in [0.25, 0.3) is 0 Å². The number of aryl methyl sites for hydroxylation is 1. The van der Waals surface area contributed by atoms with Gasteiger partial charge in [0.05, 0.1) is 6.54 Å². The minimum atomic E-state index is 0. The summed E-state index contributed by atoms with van der Waals surface area (Å²) in [6.45, 7) is 3.45. The average molecular weight is 422 g/mol. The van der Waals surface area contributed by atoms with Gasteiger partial charge in [-0.3, -0.25) is 9.67 Å². The van der Waals surface area contributed by atoms with Gasteiger partial charge in [0, 0.05) is 40.9 Å². The zero-order valence-corrected chi connectivity index (χ0v) is 16.0. The van der Waals surface area contributed by atoms with Gasteiger partial charge in [0.1, 0.15) is 12.2 Å². The van der Waals surface area contributed by atoms with E-state index in [0.29, 0.717) is 6.54 Å². The van der Waals surface area contributed by atoms with Gasteiger partial charge in [-0.15, -0.1) is 24.0 Å². The minimum absolute atomic E-state index is 0. The van der Waals surface area contributed by atoms with Crippen LogP contribution in [0.2, 0.25) is 0 Å². The average Bonchev–Trinajstić information content (AvgIpc) is 2.92. The maximum absolute atomic E-state index is 5.40. The number of hydrogen-bond acceptors (Lipinski definition) is 4. The second-order valence-electron chi connectivity index (χ2n) is 5.47. The van der Waals surface area contributed by atoms with Crippen LogP contribution < -0.4 is 5.32 Å². The molecule has 0 aliphatic carbocycles. The molecule has 0 aromatic carbocycles. The Morgan fingerprint density at radius 3 is 2.82 bits per heavy atom. The Kier molecular flexibility index (Phi) is 8.69.